The molecule has 2 unspecified atom stereocenters. The van der Waals surface area contributed by atoms with E-state index in [0.29, 0.717) is 0 Å². The van der Waals surface area contributed by atoms with Gasteiger partial charge in [0.05, 0.1) is 13.2 Å². The van der Waals surface area contributed by atoms with Crippen molar-refractivity contribution < 1.29 is 16.8 Å². The first-order valence-corrected chi connectivity index (χ1v) is 6.78. The second-order valence-electron chi connectivity index (χ2n) is 4.00. The van der Waals surface area contributed by atoms with Crippen LogP contribution in [0.3, 0.4) is 0 Å². The van der Waals surface area contributed by atoms with Crippen molar-refractivity contribution in [3.05, 3.63) is 0 Å². The summed E-state index contributed by atoms with van der Waals surface area (Å²) in [6.45, 7) is 8.23. The molecule has 0 heterocycles. The Kier molecular flexibility index (Phi) is 7.13. The molecule has 0 amide bonds. The van der Waals surface area contributed by atoms with Crippen molar-refractivity contribution in [1.82, 2.24) is 0 Å². The van der Waals surface area contributed by atoms with Crippen LogP contribution >= 0.6 is 0 Å². The topological polar surface area (TPSA) is 52.6 Å². The Morgan fingerprint density at radius 1 is 0.933 bits per heavy atom. The highest BCUT2D eigenvalue weighted by atomic mass is 32.3. The minimum absolute atomic E-state index is 0.194. The summed E-state index contributed by atoms with van der Waals surface area (Å²) in [5.41, 5.74) is 0. The van der Waals surface area contributed by atoms with Crippen LogP contribution in [0.25, 0.3) is 0 Å². The third-order valence-electron chi connectivity index (χ3n) is 2.39. The molecule has 5 heteroatoms. The summed E-state index contributed by atoms with van der Waals surface area (Å²) in [5.74, 6) is 0.457. The van der Waals surface area contributed by atoms with Gasteiger partial charge in [0.25, 0.3) is 0 Å². The van der Waals surface area contributed by atoms with Gasteiger partial charge in [0.1, 0.15) is 0 Å². The molecule has 0 spiro atoms. The Morgan fingerprint density at radius 3 is 1.53 bits per heavy atom. The molecule has 0 aliphatic rings. The van der Waals surface area contributed by atoms with Gasteiger partial charge >= 0.3 is 10.4 Å². The van der Waals surface area contributed by atoms with Crippen LogP contribution in [0.1, 0.15) is 40.5 Å². The molecule has 0 N–H and O–H groups in total. The van der Waals surface area contributed by atoms with Crippen molar-refractivity contribution in [2.45, 2.75) is 40.5 Å². The smallest absolute Gasteiger partial charge is 0.248 e. The molecule has 0 radical (unpaired) electrons. The van der Waals surface area contributed by atoms with E-state index in [0.717, 1.165) is 12.8 Å². The fourth-order valence-electron chi connectivity index (χ4n) is 0.669. The van der Waals surface area contributed by atoms with Gasteiger partial charge in [-0.15, -0.1) is 0 Å². The number of hydrogen-bond acceptors (Lipinski definition) is 4. The van der Waals surface area contributed by atoms with Gasteiger partial charge < -0.3 is 0 Å². The molecule has 0 saturated carbocycles. The molecule has 0 rings (SSSR count). The highest BCUT2D eigenvalue weighted by Crippen LogP contribution is 2.08. The summed E-state index contributed by atoms with van der Waals surface area (Å²) in [6, 6.07) is 0. The lowest BCUT2D eigenvalue weighted by atomic mass is 10.1. The fourth-order valence-corrected chi connectivity index (χ4v) is 1.53. The van der Waals surface area contributed by atoms with Crippen molar-refractivity contribution in [2.24, 2.45) is 11.8 Å². The Morgan fingerprint density at radius 2 is 1.27 bits per heavy atom. The first-order valence-electron chi connectivity index (χ1n) is 5.45. The highest BCUT2D eigenvalue weighted by Gasteiger charge is 2.15. The van der Waals surface area contributed by atoms with Crippen molar-refractivity contribution >= 4 is 10.4 Å². The quantitative estimate of drug-likeness (QED) is 0.651. The molecule has 0 aliphatic carbocycles. The maximum atomic E-state index is 11.2. The average molecular weight is 238 g/mol. The van der Waals surface area contributed by atoms with Gasteiger partial charge in [0.15, 0.2) is 0 Å². The van der Waals surface area contributed by atoms with Crippen LogP contribution in [-0.4, -0.2) is 21.6 Å². The molecule has 4 nitrogen and oxygen atoms in total. The molecule has 2 atom stereocenters. The zero-order chi connectivity index (χ0) is 11.9. The van der Waals surface area contributed by atoms with Gasteiger partial charge in [-0.2, -0.15) is 8.42 Å². The molecule has 0 saturated heterocycles. The van der Waals surface area contributed by atoms with Crippen molar-refractivity contribution in [2.75, 3.05) is 13.2 Å². The third-order valence-corrected chi connectivity index (χ3v) is 3.24. The van der Waals surface area contributed by atoms with Crippen LogP contribution < -0.4 is 0 Å². The van der Waals surface area contributed by atoms with Gasteiger partial charge in [-0.25, -0.2) is 8.37 Å². The van der Waals surface area contributed by atoms with Crippen LogP contribution in [0.5, 0.6) is 0 Å². The fraction of sp³-hybridized carbons (Fsp3) is 1.00. The minimum atomic E-state index is -3.79. The molecule has 0 aromatic heterocycles. The van der Waals surface area contributed by atoms with Crippen molar-refractivity contribution in [3.63, 3.8) is 0 Å². The standard InChI is InChI=1S/C10H22O4S/c1-5-9(3)7-13-15(11,12)14-8-10(4)6-2/h9-10H,5-8H2,1-4H3. The van der Waals surface area contributed by atoms with Gasteiger partial charge in [-0.1, -0.05) is 40.5 Å². The predicted molar refractivity (Wildman–Crippen MR) is 59.7 cm³/mol. The van der Waals surface area contributed by atoms with E-state index in [-0.39, 0.29) is 25.0 Å². The minimum Gasteiger partial charge on any atom is -0.248 e. The maximum absolute atomic E-state index is 11.2. The van der Waals surface area contributed by atoms with E-state index >= 15 is 0 Å². The van der Waals surface area contributed by atoms with Gasteiger partial charge in [-0.05, 0) is 11.8 Å². The SMILES string of the molecule is CCC(C)COS(=O)(=O)OCC(C)CC. The Balaban J connectivity index is 3.87. The number of hydrogen-bond donors (Lipinski definition) is 0. The zero-order valence-corrected chi connectivity index (χ0v) is 10.8. The monoisotopic (exact) mass is 238 g/mol. The molecular formula is C10H22O4S. The van der Waals surface area contributed by atoms with E-state index in [1.54, 1.807) is 0 Å². The lowest BCUT2D eigenvalue weighted by molar-refractivity contribution is 0.174. The Bertz CT molecular complexity index is 228. The van der Waals surface area contributed by atoms with Gasteiger partial charge in [-0.3, -0.25) is 0 Å². The molecule has 0 aliphatic heterocycles. The third kappa shape index (κ3) is 7.76. The summed E-state index contributed by atoms with van der Waals surface area (Å²) in [6.07, 6.45) is 1.78. The van der Waals surface area contributed by atoms with Gasteiger partial charge in [0, 0.05) is 0 Å². The molecule has 0 bridgehead atoms. The van der Waals surface area contributed by atoms with Gasteiger partial charge in [0.2, 0.25) is 0 Å². The summed E-state index contributed by atoms with van der Waals surface area (Å²) in [5, 5.41) is 0. The molecule has 0 fully saturated rings. The Hall–Kier alpha value is -0.130. The molecule has 15 heavy (non-hydrogen) atoms. The van der Waals surface area contributed by atoms with Crippen LogP contribution in [0.15, 0.2) is 0 Å². The van der Waals surface area contributed by atoms with E-state index in [1.165, 1.54) is 0 Å². The van der Waals surface area contributed by atoms with Crippen LogP contribution in [0.2, 0.25) is 0 Å². The molecule has 0 aromatic rings. The average Bonchev–Trinajstić information content (AvgIpc) is 2.22. The maximum Gasteiger partial charge on any atom is 0.399 e. The van der Waals surface area contributed by atoms with Crippen molar-refractivity contribution in [1.29, 1.82) is 0 Å². The second kappa shape index (κ2) is 7.19. The first-order chi connectivity index (χ1) is 6.91. The second-order valence-corrected chi connectivity index (χ2v) is 5.29. The summed E-state index contributed by atoms with van der Waals surface area (Å²) < 4.78 is 31.9. The van der Waals surface area contributed by atoms with Crippen LogP contribution in [-0.2, 0) is 18.8 Å². The zero-order valence-electron chi connectivity index (χ0n) is 10.0. The Labute approximate surface area is 93.3 Å². The van der Waals surface area contributed by atoms with E-state index in [1.807, 2.05) is 27.7 Å². The lowest BCUT2D eigenvalue weighted by Crippen LogP contribution is -2.17. The van der Waals surface area contributed by atoms with Crippen molar-refractivity contribution in [3.8, 4) is 0 Å². The summed E-state index contributed by atoms with van der Waals surface area (Å²) >= 11 is 0. The van der Waals surface area contributed by atoms with E-state index < -0.39 is 10.4 Å². The summed E-state index contributed by atoms with van der Waals surface area (Å²) in [7, 11) is -3.79. The molecule has 92 valence electrons. The normalized spacial score (nSPS) is 16.3. The first kappa shape index (κ1) is 14.9. The predicted octanol–water partition coefficient (Wildman–Crippen LogP) is 2.36. The molecule has 0 aromatic carbocycles. The largest absolute Gasteiger partial charge is 0.399 e. The van der Waals surface area contributed by atoms with Crippen LogP contribution in [0, 0.1) is 11.8 Å². The highest BCUT2D eigenvalue weighted by molar-refractivity contribution is 7.81. The van der Waals surface area contributed by atoms with Crippen LogP contribution in [0.4, 0.5) is 0 Å². The van der Waals surface area contributed by atoms with E-state index in [9.17, 15) is 8.42 Å². The molecular weight excluding hydrogens is 216 g/mol. The summed E-state index contributed by atoms with van der Waals surface area (Å²) in [4.78, 5) is 0. The lowest BCUT2D eigenvalue weighted by Gasteiger charge is -2.11. The van der Waals surface area contributed by atoms with E-state index in [4.69, 9.17) is 8.37 Å². The van der Waals surface area contributed by atoms with E-state index in [2.05, 4.69) is 0 Å². The number of rotatable bonds is 8.